The van der Waals surface area contributed by atoms with E-state index in [1.165, 1.54) is 0 Å². The van der Waals surface area contributed by atoms with E-state index in [4.69, 9.17) is 16.3 Å². The molecule has 0 aliphatic rings. The van der Waals surface area contributed by atoms with Crippen molar-refractivity contribution in [1.82, 2.24) is 5.32 Å². The van der Waals surface area contributed by atoms with Crippen LogP contribution in [0, 0.1) is 6.92 Å². The van der Waals surface area contributed by atoms with Crippen LogP contribution in [-0.4, -0.2) is 25.6 Å². The first-order valence-electron chi connectivity index (χ1n) is 8.09. The number of hydrogen-bond donors (Lipinski definition) is 2. The molecule has 2 aromatic rings. The predicted molar refractivity (Wildman–Crippen MR) is 96.3 cm³/mol. The maximum absolute atomic E-state index is 11.9. The third-order valence-electron chi connectivity index (χ3n) is 3.74. The number of nitrogens with two attached hydrogens (primary N) is 1. The molecule has 0 heterocycles. The molecule has 0 spiro atoms. The zero-order valence-electron chi connectivity index (χ0n) is 14.1. The Bertz CT molecular complexity index is 659. The van der Waals surface area contributed by atoms with E-state index in [1.54, 1.807) is 0 Å². The van der Waals surface area contributed by atoms with Gasteiger partial charge in [0.15, 0.2) is 6.54 Å². The summed E-state index contributed by atoms with van der Waals surface area (Å²) in [6.45, 7) is 5.43. The molecule has 5 heteroatoms. The van der Waals surface area contributed by atoms with E-state index in [0.717, 1.165) is 21.9 Å². The number of nitrogens with one attached hydrogen (secondary N) is 1. The Balaban J connectivity index is 1.63. The fourth-order valence-electron chi connectivity index (χ4n) is 2.32. The highest BCUT2D eigenvalue weighted by Gasteiger charge is 2.11. The van der Waals surface area contributed by atoms with Crippen molar-refractivity contribution in [2.75, 3.05) is 19.7 Å². The number of ether oxygens (including phenoxy) is 1. The lowest BCUT2D eigenvalue weighted by Gasteiger charge is -2.11. The molecule has 0 aromatic heterocycles. The fourth-order valence-corrected chi connectivity index (χ4v) is 2.45. The lowest BCUT2D eigenvalue weighted by molar-refractivity contribution is -0.682. The van der Waals surface area contributed by atoms with Gasteiger partial charge in [-0.3, -0.25) is 4.79 Å². The smallest absolute Gasteiger partial charge is 0.275 e. The molecule has 2 aromatic carbocycles. The maximum atomic E-state index is 11.9. The van der Waals surface area contributed by atoms with E-state index < -0.39 is 0 Å². The Labute approximate surface area is 148 Å². The number of halogens is 1. The minimum absolute atomic E-state index is 0.00338. The van der Waals surface area contributed by atoms with E-state index >= 15 is 0 Å². The molecule has 0 aliphatic heterocycles. The average molecular weight is 348 g/mol. The van der Waals surface area contributed by atoms with Crippen molar-refractivity contribution < 1.29 is 14.8 Å². The number of carbonyl (C=O) groups excluding carboxylic acids is 1. The van der Waals surface area contributed by atoms with E-state index in [0.29, 0.717) is 19.7 Å². The topological polar surface area (TPSA) is 54.9 Å². The van der Waals surface area contributed by atoms with Gasteiger partial charge in [-0.25, -0.2) is 0 Å². The summed E-state index contributed by atoms with van der Waals surface area (Å²) in [7, 11) is 0. The lowest BCUT2D eigenvalue weighted by Crippen LogP contribution is -2.87. The summed E-state index contributed by atoms with van der Waals surface area (Å²) in [6, 6.07) is 15.8. The van der Waals surface area contributed by atoms with E-state index in [-0.39, 0.29) is 11.9 Å². The van der Waals surface area contributed by atoms with Gasteiger partial charge in [-0.15, -0.1) is 0 Å². The third-order valence-corrected chi connectivity index (χ3v) is 3.99. The highest BCUT2D eigenvalue weighted by Crippen LogP contribution is 2.13. The maximum Gasteiger partial charge on any atom is 0.275 e. The zero-order chi connectivity index (χ0) is 17.4. The first-order valence-corrected chi connectivity index (χ1v) is 8.47. The molecular formula is C19H24ClN2O2+. The number of quaternary nitrogens is 1. The lowest BCUT2D eigenvalue weighted by atomic mass is 10.1. The third kappa shape index (κ3) is 6.22. The minimum Gasteiger partial charge on any atom is -0.492 e. The molecule has 24 heavy (non-hydrogen) atoms. The summed E-state index contributed by atoms with van der Waals surface area (Å²) in [5.74, 6) is 0.829. The van der Waals surface area contributed by atoms with Crippen LogP contribution in [0.15, 0.2) is 48.5 Å². The summed E-state index contributed by atoms with van der Waals surface area (Å²) in [4.78, 5) is 11.9. The van der Waals surface area contributed by atoms with Gasteiger partial charge in [0.2, 0.25) is 0 Å². The number of aryl methyl sites for hydroxylation is 1. The average Bonchev–Trinajstić information content (AvgIpc) is 2.57. The largest absolute Gasteiger partial charge is 0.492 e. The Kier molecular flexibility index (Phi) is 7.09. The van der Waals surface area contributed by atoms with Crippen LogP contribution in [-0.2, 0) is 4.79 Å². The van der Waals surface area contributed by atoms with Gasteiger partial charge in [0.25, 0.3) is 5.91 Å². The zero-order valence-corrected chi connectivity index (χ0v) is 14.8. The Morgan fingerprint density at radius 1 is 1.25 bits per heavy atom. The van der Waals surface area contributed by atoms with Crippen molar-refractivity contribution in [3.63, 3.8) is 0 Å². The van der Waals surface area contributed by atoms with Crippen LogP contribution in [0.1, 0.15) is 24.1 Å². The monoisotopic (exact) mass is 347 g/mol. The summed E-state index contributed by atoms with van der Waals surface area (Å²) < 4.78 is 5.61. The van der Waals surface area contributed by atoms with Crippen LogP contribution in [0.25, 0.3) is 0 Å². The van der Waals surface area contributed by atoms with Gasteiger partial charge in [0.1, 0.15) is 18.4 Å². The second kappa shape index (κ2) is 9.30. The summed E-state index contributed by atoms with van der Waals surface area (Å²) in [5.41, 5.74) is 2.30. The molecule has 0 radical (unpaired) electrons. The van der Waals surface area contributed by atoms with Gasteiger partial charge < -0.3 is 15.4 Å². The Morgan fingerprint density at radius 2 is 2.00 bits per heavy atom. The highest BCUT2D eigenvalue weighted by atomic mass is 35.5. The first kappa shape index (κ1) is 18.3. The second-order valence-corrected chi connectivity index (χ2v) is 6.23. The Hall–Kier alpha value is -2.04. The van der Waals surface area contributed by atoms with E-state index in [9.17, 15) is 4.79 Å². The predicted octanol–water partition coefficient (Wildman–Crippen LogP) is 2.47. The number of hydrogen-bond acceptors (Lipinski definition) is 2. The quantitative estimate of drug-likeness (QED) is 0.721. The molecule has 2 rings (SSSR count). The first-order chi connectivity index (χ1) is 11.5. The summed E-state index contributed by atoms with van der Waals surface area (Å²) in [5, 5.41) is 5.59. The van der Waals surface area contributed by atoms with Gasteiger partial charge >= 0.3 is 0 Å². The van der Waals surface area contributed by atoms with Crippen molar-refractivity contribution in [2.45, 2.75) is 19.9 Å². The van der Waals surface area contributed by atoms with Crippen molar-refractivity contribution in [3.05, 3.63) is 64.7 Å². The molecule has 0 bridgehead atoms. The molecule has 0 unspecified atom stereocenters. The molecule has 0 aliphatic carbocycles. The molecule has 1 atom stereocenters. The van der Waals surface area contributed by atoms with Crippen molar-refractivity contribution in [2.24, 2.45) is 0 Å². The molecule has 0 saturated heterocycles. The number of amides is 1. The normalized spacial score (nSPS) is 11.8. The van der Waals surface area contributed by atoms with Gasteiger partial charge in [-0.05, 0) is 43.7 Å². The van der Waals surface area contributed by atoms with E-state index in [2.05, 4.69) is 12.2 Å². The van der Waals surface area contributed by atoms with Gasteiger partial charge in [-0.1, -0.05) is 35.9 Å². The molecule has 128 valence electrons. The fraction of sp³-hybridized carbons (Fsp3) is 0.316. The van der Waals surface area contributed by atoms with Crippen molar-refractivity contribution in [3.8, 4) is 5.75 Å². The van der Waals surface area contributed by atoms with Crippen molar-refractivity contribution >= 4 is 17.5 Å². The van der Waals surface area contributed by atoms with Crippen LogP contribution in [0.2, 0.25) is 5.02 Å². The second-order valence-electron chi connectivity index (χ2n) is 5.79. The van der Waals surface area contributed by atoms with Crippen LogP contribution in [0.4, 0.5) is 0 Å². The number of benzene rings is 2. The van der Waals surface area contributed by atoms with Crippen LogP contribution >= 0.6 is 11.6 Å². The Morgan fingerprint density at radius 3 is 2.71 bits per heavy atom. The molecule has 4 nitrogen and oxygen atoms in total. The van der Waals surface area contributed by atoms with Gasteiger partial charge in [0.05, 0.1) is 6.54 Å². The molecular weight excluding hydrogens is 324 g/mol. The van der Waals surface area contributed by atoms with Gasteiger partial charge in [0, 0.05) is 10.6 Å². The van der Waals surface area contributed by atoms with Crippen LogP contribution in [0.3, 0.4) is 0 Å². The minimum atomic E-state index is 0.00338. The molecule has 3 N–H and O–H groups in total. The summed E-state index contributed by atoms with van der Waals surface area (Å²) in [6.07, 6.45) is 0. The SMILES string of the molecule is Cc1cccc(OCCNC(=O)C[NH2+][C@@H](C)c2ccc(Cl)cc2)c1. The number of carbonyl (C=O) groups is 1. The standard InChI is InChI=1S/C19H23ClN2O2/c1-14-4-3-5-18(12-14)24-11-10-21-19(23)13-22-15(2)16-6-8-17(20)9-7-16/h3-9,12,15,22H,10-11,13H2,1-2H3,(H,21,23)/p+1/t15-/m0/s1. The van der Waals surface area contributed by atoms with Crippen molar-refractivity contribution in [1.29, 1.82) is 0 Å². The highest BCUT2D eigenvalue weighted by molar-refractivity contribution is 6.30. The molecule has 0 fully saturated rings. The van der Waals surface area contributed by atoms with Gasteiger partial charge in [-0.2, -0.15) is 0 Å². The van der Waals surface area contributed by atoms with Crippen LogP contribution in [0.5, 0.6) is 5.75 Å². The van der Waals surface area contributed by atoms with E-state index in [1.807, 2.05) is 60.8 Å². The molecule has 0 saturated carbocycles. The summed E-state index contributed by atoms with van der Waals surface area (Å²) >= 11 is 5.88. The van der Waals surface area contributed by atoms with Crippen LogP contribution < -0.4 is 15.4 Å². The molecule has 1 amide bonds. The number of rotatable bonds is 8.